The highest BCUT2D eigenvalue weighted by Crippen LogP contribution is 2.39. The van der Waals surface area contributed by atoms with Crippen LogP contribution >= 0.6 is 0 Å². The van der Waals surface area contributed by atoms with Gasteiger partial charge in [-0.25, -0.2) is 0 Å². The molecule has 0 aromatic heterocycles. The molecule has 0 bridgehead atoms. The maximum Gasteiger partial charge on any atom is 0.165 e. The third-order valence-corrected chi connectivity index (χ3v) is 2.16. The second-order valence-corrected chi connectivity index (χ2v) is 3.23. The molecule has 2 aromatic rings. The molecule has 0 radical (unpaired) electrons. The third kappa shape index (κ3) is 1.72. The smallest absolute Gasteiger partial charge is 0.165 e. The third-order valence-electron chi connectivity index (χ3n) is 2.16. The fourth-order valence-electron chi connectivity index (χ4n) is 1.44. The highest BCUT2D eigenvalue weighted by atomic mass is 16.3. The molecule has 3 N–H and O–H groups in total. The van der Waals surface area contributed by atoms with Crippen LogP contribution in [0.5, 0.6) is 17.2 Å². The molecular formula is C12H10O3. The summed E-state index contributed by atoms with van der Waals surface area (Å²) in [5.41, 5.74) is 1.15. The highest BCUT2D eigenvalue weighted by Gasteiger charge is 2.10. The van der Waals surface area contributed by atoms with Crippen LogP contribution in [-0.2, 0) is 0 Å². The summed E-state index contributed by atoms with van der Waals surface area (Å²) >= 11 is 0. The van der Waals surface area contributed by atoms with Crippen LogP contribution in [-0.4, -0.2) is 15.3 Å². The van der Waals surface area contributed by atoms with Crippen molar-refractivity contribution in [2.45, 2.75) is 0 Å². The van der Waals surface area contributed by atoms with Gasteiger partial charge in [0.15, 0.2) is 11.5 Å². The van der Waals surface area contributed by atoms with E-state index < -0.39 is 0 Å². The zero-order valence-electron chi connectivity index (χ0n) is 7.88. The van der Waals surface area contributed by atoms with Crippen molar-refractivity contribution in [1.29, 1.82) is 0 Å². The Kier molecular flexibility index (Phi) is 2.21. The van der Waals surface area contributed by atoms with Crippen molar-refractivity contribution in [3.8, 4) is 28.4 Å². The zero-order valence-corrected chi connectivity index (χ0v) is 7.88. The van der Waals surface area contributed by atoms with E-state index in [1.807, 2.05) is 18.2 Å². The summed E-state index contributed by atoms with van der Waals surface area (Å²) < 4.78 is 0. The molecular weight excluding hydrogens is 192 g/mol. The number of hydrogen-bond donors (Lipinski definition) is 3. The van der Waals surface area contributed by atoms with E-state index >= 15 is 0 Å². The minimum absolute atomic E-state index is 0.0795. The first-order chi connectivity index (χ1) is 7.18. The van der Waals surface area contributed by atoms with Gasteiger partial charge in [-0.1, -0.05) is 30.3 Å². The Hall–Kier alpha value is -2.16. The summed E-state index contributed by atoms with van der Waals surface area (Å²) in [6.07, 6.45) is 0. The summed E-state index contributed by atoms with van der Waals surface area (Å²) in [4.78, 5) is 0. The monoisotopic (exact) mass is 202 g/mol. The number of phenols is 3. The van der Waals surface area contributed by atoms with Crippen molar-refractivity contribution in [2.75, 3.05) is 0 Å². The lowest BCUT2D eigenvalue weighted by Crippen LogP contribution is -1.79. The van der Waals surface area contributed by atoms with E-state index in [1.54, 1.807) is 12.1 Å². The Balaban J connectivity index is 2.63. The number of benzene rings is 2. The molecule has 3 nitrogen and oxygen atoms in total. The quantitative estimate of drug-likeness (QED) is 0.491. The normalized spacial score (nSPS) is 10.1. The van der Waals surface area contributed by atoms with Crippen LogP contribution in [0.3, 0.4) is 0 Å². The van der Waals surface area contributed by atoms with Gasteiger partial charge >= 0.3 is 0 Å². The van der Waals surface area contributed by atoms with Gasteiger partial charge < -0.3 is 15.3 Å². The van der Waals surface area contributed by atoms with Crippen molar-refractivity contribution in [3.05, 3.63) is 42.5 Å². The maximum atomic E-state index is 9.61. The Morgan fingerprint density at radius 2 is 1.47 bits per heavy atom. The minimum Gasteiger partial charge on any atom is -0.508 e. The Bertz CT molecular complexity index is 478. The maximum absolute atomic E-state index is 9.61. The van der Waals surface area contributed by atoms with Crippen LogP contribution in [0.25, 0.3) is 11.1 Å². The van der Waals surface area contributed by atoms with Gasteiger partial charge in [-0.05, 0) is 11.6 Å². The number of phenolic OH excluding ortho intramolecular Hbond substituents is 3. The highest BCUT2D eigenvalue weighted by molar-refractivity contribution is 5.74. The second kappa shape index (κ2) is 3.53. The molecule has 0 fully saturated rings. The van der Waals surface area contributed by atoms with E-state index in [-0.39, 0.29) is 17.2 Å². The lowest BCUT2D eigenvalue weighted by atomic mass is 10.0. The van der Waals surface area contributed by atoms with E-state index in [0.717, 1.165) is 11.6 Å². The average Bonchev–Trinajstić information content (AvgIpc) is 2.24. The lowest BCUT2D eigenvalue weighted by molar-refractivity contribution is 0.398. The Morgan fingerprint density at radius 3 is 2.13 bits per heavy atom. The van der Waals surface area contributed by atoms with Gasteiger partial charge in [0.2, 0.25) is 0 Å². The van der Waals surface area contributed by atoms with E-state index in [4.69, 9.17) is 0 Å². The van der Waals surface area contributed by atoms with Crippen molar-refractivity contribution in [2.24, 2.45) is 0 Å². The average molecular weight is 202 g/mol. The summed E-state index contributed by atoms with van der Waals surface area (Å²) in [6.45, 7) is 0. The molecule has 0 heterocycles. The van der Waals surface area contributed by atoms with Gasteiger partial charge in [0.25, 0.3) is 0 Å². The zero-order chi connectivity index (χ0) is 10.8. The predicted molar refractivity (Wildman–Crippen MR) is 56.9 cm³/mol. The first-order valence-corrected chi connectivity index (χ1v) is 4.49. The topological polar surface area (TPSA) is 60.7 Å². The van der Waals surface area contributed by atoms with Gasteiger partial charge in [0.05, 0.1) is 0 Å². The van der Waals surface area contributed by atoms with E-state index in [2.05, 4.69) is 0 Å². The fraction of sp³-hybridized carbons (Fsp3) is 0. The number of aromatic hydroxyl groups is 3. The fourth-order valence-corrected chi connectivity index (χ4v) is 1.44. The molecule has 76 valence electrons. The molecule has 2 rings (SSSR count). The predicted octanol–water partition coefficient (Wildman–Crippen LogP) is 2.47. The van der Waals surface area contributed by atoms with Crippen LogP contribution in [0, 0.1) is 0 Å². The van der Waals surface area contributed by atoms with Crippen LogP contribution < -0.4 is 0 Å². The molecule has 0 saturated heterocycles. The Labute approximate surface area is 86.9 Å². The van der Waals surface area contributed by atoms with Crippen LogP contribution in [0.2, 0.25) is 0 Å². The van der Waals surface area contributed by atoms with Crippen LogP contribution in [0.4, 0.5) is 0 Å². The van der Waals surface area contributed by atoms with E-state index in [0.29, 0.717) is 5.56 Å². The first-order valence-electron chi connectivity index (χ1n) is 4.49. The van der Waals surface area contributed by atoms with E-state index in [9.17, 15) is 15.3 Å². The summed E-state index contributed by atoms with van der Waals surface area (Å²) in [5, 5.41) is 28.3. The number of hydrogen-bond acceptors (Lipinski definition) is 3. The van der Waals surface area contributed by atoms with Gasteiger partial charge in [0.1, 0.15) is 5.75 Å². The summed E-state index contributed by atoms with van der Waals surface area (Å²) in [6, 6.07) is 11.6. The molecule has 0 amide bonds. The Morgan fingerprint density at radius 1 is 0.800 bits per heavy atom. The molecule has 0 aliphatic heterocycles. The molecule has 2 aromatic carbocycles. The van der Waals surface area contributed by atoms with Crippen molar-refractivity contribution in [3.63, 3.8) is 0 Å². The van der Waals surface area contributed by atoms with Crippen LogP contribution in [0.15, 0.2) is 42.5 Å². The second-order valence-electron chi connectivity index (χ2n) is 3.23. The van der Waals surface area contributed by atoms with Gasteiger partial charge in [0, 0.05) is 11.6 Å². The molecule has 0 aliphatic carbocycles. The standard InChI is InChI=1S/C12H10O3/c13-9-6-10(12(15)11(14)7-9)8-4-2-1-3-5-8/h1-7,13-15H. The first kappa shape index (κ1) is 9.40. The minimum atomic E-state index is -0.325. The molecule has 3 heteroatoms. The van der Waals surface area contributed by atoms with Gasteiger partial charge in [-0.2, -0.15) is 0 Å². The van der Waals surface area contributed by atoms with Gasteiger partial charge in [-0.15, -0.1) is 0 Å². The van der Waals surface area contributed by atoms with Crippen molar-refractivity contribution >= 4 is 0 Å². The van der Waals surface area contributed by atoms with Crippen molar-refractivity contribution in [1.82, 2.24) is 0 Å². The molecule has 0 saturated carbocycles. The van der Waals surface area contributed by atoms with Crippen molar-refractivity contribution < 1.29 is 15.3 Å². The summed E-state index contributed by atoms with van der Waals surface area (Å²) in [5.74, 6) is -0.628. The largest absolute Gasteiger partial charge is 0.508 e. The summed E-state index contributed by atoms with van der Waals surface area (Å²) in [7, 11) is 0. The number of rotatable bonds is 1. The molecule has 15 heavy (non-hydrogen) atoms. The van der Waals surface area contributed by atoms with Crippen LogP contribution in [0.1, 0.15) is 0 Å². The van der Waals surface area contributed by atoms with Gasteiger partial charge in [-0.3, -0.25) is 0 Å². The SMILES string of the molecule is Oc1cc(O)c(O)c(-c2ccccc2)c1. The molecule has 0 spiro atoms. The lowest BCUT2D eigenvalue weighted by Gasteiger charge is -2.07. The molecule has 0 aliphatic rings. The molecule has 0 atom stereocenters. The molecule has 0 unspecified atom stereocenters. The van der Waals surface area contributed by atoms with E-state index in [1.165, 1.54) is 6.07 Å².